The molecule has 1 aromatic carbocycles. The molecule has 14 heavy (non-hydrogen) atoms. The normalized spacial score (nSPS) is 11.1. The zero-order chi connectivity index (χ0) is 10.6. The predicted octanol–water partition coefficient (Wildman–Crippen LogP) is 3.45. The minimum atomic E-state index is 0.161. The summed E-state index contributed by atoms with van der Waals surface area (Å²) in [4.78, 5) is 0. The van der Waals surface area contributed by atoms with Gasteiger partial charge in [0, 0.05) is 0 Å². The fourth-order valence-electron chi connectivity index (χ4n) is 1.34. The summed E-state index contributed by atoms with van der Waals surface area (Å²) in [6.45, 7) is 8.21. The monoisotopic (exact) mass is 190 g/mol. The van der Waals surface area contributed by atoms with E-state index in [9.17, 15) is 0 Å². The van der Waals surface area contributed by atoms with Gasteiger partial charge in [0.05, 0.1) is 7.11 Å². The third-order valence-electron chi connectivity index (χ3n) is 2.37. The van der Waals surface area contributed by atoms with Crippen molar-refractivity contribution >= 4 is 0 Å². The molecule has 0 aromatic heterocycles. The van der Waals surface area contributed by atoms with E-state index in [0.717, 1.165) is 12.2 Å². The summed E-state index contributed by atoms with van der Waals surface area (Å²) in [6.07, 6.45) is 3.01. The first kappa shape index (κ1) is 10.8. The minimum absolute atomic E-state index is 0.161. The Balaban J connectivity index is 2.73. The van der Waals surface area contributed by atoms with Crippen LogP contribution >= 0.6 is 0 Å². The van der Waals surface area contributed by atoms with Crippen molar-refractivity contribution in [2.75, 3.05) is 7.11 Å². The molecule has 0 radical (unpaired) electrons. The first-order chi connectivity index (χ1) is 6.57. The Hall–Kier alpha value is -1.24. The van der Waals surface area contributed by atoms with Crippen LogP contribution in [0.3, 0.4) is 0 Å². The second-order valence-electron chi connectivity index (χ2n) is 4.22. The van der Waals surface area contributed by atoms with Crippen molar-refractivity contribution in [2.24, 2.45) is 5.41 Å². The molecule has 1 heteroatoms. The van der Waals surface area contributed by atoms with Gasteiger partial charge >= 0.3 is 0 Å². The number of hydrogen-bond acceptors (Lipinski definition) is 1. The Morgan fingerprint density at radius 3 is 2.29 bits per heavy atom. The SMILES string of the molecule is C=CC(C)(C)Cc1ccc(OC)cc1. The third-order valence-corrected chi connectivity index (χ3v) is 2.37. The maximum atomic E-state index is 5.11. The van der Waals surface area contributed by atoms with Gasteiger partial charge in [-0.25, -0.2) is 0 Å². The summed E-state index contributed by atoms with van der Waals surface area (Å²) in [7, 11) is 1.68. The zero-order valence-electron chi connectivity index (χ0n) is 9.21. The maximum Gasteiger partial charge on any atom is 0.118 e. The van der Waals surface area contributed by atoms with Crippen LogP contribution in [0.2, 0.25) is 0 Å². The highest BCUT2D eigenvalue weighted by atomic mass is 16.5. The summed E-state index contributed by atoms with van der Waals surface area (Å²) in [6, 6.07) is 8.19. The molecule has 0 saturated carbocycles. The molecule has 0 amide bonds. The van der Waals surface area contributed by atoms with Crippen LogP contribution in [0.1, 0.15) is 19.4 Å². The first-order valence-electron chi connectivity index (χ1n) is 4.84. The van der Waals surface area contributed by atoms with E-state index in [4.69, 9.17) is 4.74 Å². The summed E-state index contributed by atoms with van der Waals surface area (Å²) in [5.74, 6) is 0.908. The Bertz CT molecular complexity index is 296. The number of methoxy groups -OCH3 is 1. The van der Waals surface area contributed by atoms with Crippen LogP contribution in [0.15, 0.2) is 36.9 Å². The summed E-state index contributed by atoms with van der Waals surface area (Å²) in [5.41, 5.74) is 1.48. The van der Waals surface area contributed by atoms with E-state index in [2.05, 4.69) is 32.6 Å². The van der Waals surface area contributed by atoms with Crippen molar-refractivity contribution in [3.05, 3.63) is 42.5 Å². The lowest BCUT2D eigenvalue weighted by Gasteiger charge is -2.19. The van der Waals surface area contributed by atoms with Crippen LogP contribution in [0.4, 0.5) is 0 Å². The lowest BCUT2D eigenvalue weighted by molar-refractivity contribution is 0.414. The topological polar surface area (TPSA) is 9.23 Å². The maximum absolute atomic E-state index is 5.11. The highest BCUT2D eigenvalue weighted by Gasteiger charge is 2.13. The molecule has 1 rings (SSSR count). The molecule has 0 heterocycles. The van der Waals surface area contributed by atoms with Crippen LogP contribution in [0.25, 0.3) is 0 Å². The predicted molar refractivity (Wildman–Crippen MR) is 60.7 cm³/mol. The van der Waals surface area contributed by atoms with Crippen LogP contribution in [-0.2, 0) is 6.42 Å². The summed E-state index contributed by atoms with van der Waals surface area (Å²) >= 11 is 0. The van der Waals surface area contributed by atoms with Crippen molar-refractivity contribution in [3.63, 3.8) is 0 Å². The van der Waals surface area contributed by atoms with E-state index in [-0.39, 0.29) is 5.41 Å². The van der Waals surface area contributed by atoms with Crippen molar-refractivity contribution in [1.29, 1.82) is 0 Å². The molecule has 0 N–H and O–H groups in total. The van der Waals surface area contributed by atoms with Gasteiger partial charge < -0.3 is 4.74 Å². The van der Waals surface area contributed by atoms with Crippen LogP contribution in [-0.4, -0.2) is 7.11 Å². The van der Waals surface area contributed by atoms with Crippen LogP contribution in [0.5, 0.6) is 5.75 Å². The summed E-state index contributed by atoms with van der Waals surface area (Å²) < 4.78 is 5.11. The number of ether oxygens (including phenoxy) is 1. The minimum Gasteiger partial charge on any atom is -0.497 e. The average Bonchev–Trinajstić information content (AvgIpc) is 2.19. The van der Waals surface area contributed by atoms with Crippen molar-refractivity contribution in [1.82, 2.24) is 0 Å². The summed E-state index contributed by atoms with van der Waals surface area (Å²) in [5, 5.41) is 0. The van der Waals surface area contributed by atoms with Gasteiger partial charge in [0.2, 0.25) is 0 Å². The molecule has 0 saturated heterocycles. The number of hydrogen-bond donors (Lipinski definition) is 0. The lowest BCUT2D eigenvalue weighted by atomic mass is 9.86. The van der Waals surface area contributed by atoms with Crippen LogP contribution < -0.4 is 4.74 Å². The number of rotatable bonds is 4. The molecule has 0 bridgehead atoms. The van der Waals surface area contributed by atoms with Gasteiger partial charge in [0.1, 0.15) is 5.75 Å². The van der Waals surface area contributed by atoms with E-state index < -0.39 is 0 Å². The molecule has 0 unspecified atom stereocenters. The second kappa shape index (κ2) is 4.32. The van der Waals surface area contributed by atoms with Crippen molar-refractivity contribution in [2.45, 2.75) is 20.3 Å². The third kappa shape index (κ3) is 2.91. The zero-order valence-corrected chi connectivity index (χ0v) is 9.21. The average molecular weight is 190 g/mol. The molecule has 0 aliphatic rings. The molecule has 0 aliphatic heterocycles. The van der Waals surface area contributed by atoms with Gasteiger partial charge in [0.25, 0.3) is 0 Å². The highest BCUT2D eigenvalue weighted by molar-refractivity contribution is 5.28. The van der Waals surface area contributed by atoms with Gasteiger partial charge in [0.15, 0.2) is 0 Å². The van der Waals surface area contributed by atoms with E-state index in [0.29, 0.717) is 0 Å². The quantitative estimate of drug-likeness (QED) is 0.661. The first-order valence-corrected chi connectivity index (χ1v) is 4.84. The fraction of sp³-hybridized carbons (Fsp3) is 0.385. The van der Waals surface area contributed by atoms with Gasteiger partial charge in [-0.2, -0.15) is 0 Å². The molecule has 0 aliphatic carbocycles. The van der Waals surface area contributed by atoms with Gasteiger partial charge in [-0.05, 0) is 29.5 Å². The largest absolute Gasteiger partial charge is 0.497 e. The standard InChI is InChI=1S/C13H18O/c1-5-13(2,3)10-11-6-8-12(14-4)9-7-11/h5-9H,1,10H2,2-4H3. The van der Waals surface area contributed by atoms with E-state index in [1.807, 2.05) is 18.2 Å². The van der Waals surface area contributed by atoms with Crippen molar-refractivity contribution in [3.8, 4) is 5.75 Å². The molecule has 0 fully saturated rings. The Morgan fingerprint density at radius 1 is 1.29 bits per heavy atom. The Kier molecular flexibility index (Phi) is 3.34. The smallest absolute Gasteiger partial charge is 0.118 e. The van der Waals surface area contributed by atoms with Gasteiger partial charge in [-0.3, -0.25) is 0 Å². The Labute approximate surface area is 86.4 Å². The molecule has 0 spiro atoms. The van der Waals surface area contributed by atoms with E-state index in [1.54, 1.807) is 7.11 Å². The Morgan fingerprint density at radius 2 is 1.86 bits per heavy atom. The van der Waals surface area contributed by atoms with E-state index in [1.165, 1.54) is 5.56 Å². The molecule has 1 nitrogen and oxygen atoms in total. The molecule has 76 valence electrons. The number of allylic oxidation sites excluding steroid dienone is 1. The molecular formula is C13H18O. The lowest BCUT2D eigenvalue weighted by Crippen LogP contribution is -2.10. The van der Waals surface area contributed by atoms with Crippen molar-refractivity contribution < 1.29 is 4.74 Å². The van der Waals surface area contributed by atoms with E-state index >= 15 is 0 Å². The van der Waals surface area contributed by atoms with Gasteiger partial charge in [-0.1, -0.05) is 32.1 Å². The molecule has 0 atom stereocenters. The second-order valence-corrected chi connectivity index (χ2v) is 4.22. The molecular weight excluding hydrogens is 172 g/mol. The highest BCUT2D eigenvalue weighted by Crippen LogP contribution is 2.23. The number of benzene rings is 1. The molecule has 1 aromatic rings. The van der Waals surface area contributed by atoms with Gasteiger partial charge in [-0.15, -0.1) is 6.58 Å². The fourth-order valence-corrected chi connectivity index (χ4v) is 1.34. The van der Waals surface area contributed by atoms with Crippen LogP contribution in [0, 0.1) is 5.41 Å².